The lowest BCUT2D eigenvalue weighted by atomic mass is 10.2. The van der Waals surface area contributed by atoms with Gasteiger partial charge in [0.1, 0.15) is 0 Å². The van der Waals surface area contributed by atoms with Crippen molar-refractivity contribution in [2.75, 3.05) is 19.8 Å². The number of hydrogen-bond donors (Lipinski definition) is 1. The molecule has 1 aliphatic heterocycles. The molecule has 1 aliphatic rings. The number of hydrogen-bond acceptors (Lipinski definition) is 3. The van der Waals surface area contributed by atoms with Crippen LogP contribution in [0.3, 0.4) is 0 Å². The van der Waals surface area contributed by atoms with Crippen molar-refractivity contribution in [2.24, 2.45) is 0 Å². The van der Waals surface area contributed by atoms with Gasteiger partial charge in [-0.3, -0.25) is 4.79 Å². The van der Waals surface area contributed by atoms with Crippen molar-refractivity contribution < 1.29 is 14.3 Å². The van der Waals surface area contributed by atoms with E-state index in [9.17, 15) is 4.79 Å². The molecule has 0 saturated carbocycles. The van der Waals surface area contributed by atoms with Crippen molar-refractivity contribution in [3.05, 3.63) is 36.4 Å². The Bertz CT molecular complexity index is 443. The first kappa shape index (κ1) is 12.5. The fourth-order valence-corrected chi connectivity index (χ4v) is 1.69. The Morgan fingerprint density at radius 3 is 2.89 bits per heavy atom. The molecule has 0 radical (unpaired) electrons. The minimum Gasteiger partial charge on any atom is -0.490 e. The quantitative estimate of drug-likeness (QED) is 0.655. The van der Waals surface area contributed by atoms with Gasteiger partial charge in [-0.25, -0.2) is 0 Å². The van der Waals surface area contributed by atoms with Crippen LogP contribution in [-0.4, -0.2) is 25.7 Å². The lowest BCUT2D eigenvalue weighted by Crippen LogP contribution is -2.24. The summed E-state index contributed by atoms with van der Waals surface area (Å²) in [5.74, 6) is 1.24. The molecule has 0 bridgehead atoms. The van der Waals surface area contributed by atoms with Crippen molar-refractivity contribution in [2.45, 2.75) is 12.8 Å². The van der Waals surface area contributed by atoms with Gasteiger partial charge in [-0.1, -0.05) is 6.08 Å². The van der Waals surface area contributed by atoms with Crippen molar-refractivity contribution >= 4 is 5.91 Å². The summed E-state index contributed by atoms with van der Waals surface area (Å²) in [6.07, 6.45) is 3.39. The van der Waals surface area contributed by atoms with Crippen LogP contribution in [0.15, 0.2) is 30.9 Å². The Balaban J connectivity index is 2.07. The highest BCUT2D eigenvalue weighted by atomic mass is 16.5. The van der Waals surface area contributed by atoms with Crippen LogP contribution in [0.5, 0.6) is 11.5 Å². The molecule has 0 atom stereocenters. The van der Waals surface area contributed by atoms with Gasteiger partial charge in [-0.05, 0) is 24.6 Å². The van der Waals surface area contributed by atoms with E-state index in [0.29, 0.717) is 36.8 Å². The second-order valence-corrected chi connectivity index (χ2v) is 4.05. The molecule has 96 valence electrons. The van der Waals surface area contributed by atoms with Crippen molar-refractivity contribution in [1.82, 2.24) is 5.32 Å². The maximum Gasteiger partial charge on any atom is 0.251 e. The van der Waals surface area contributed by atoms with E-state index in [4.69, 9.17) is 9.47 Å². The molecular weight excluding hydrogens is 230 g/mol. The van der Waals surface area contributed by atoms with Crippen LogP contribution in [-0.2, 0) is 0 Å². The van der Waals surface area contributed by atoms with E-state index in [1.165, 1.54) is 0 Å². The molecular formula is C14H17NO3. The standard InChI is InChI=1S/C14H17NO3/c1-2-3-7-15-14(16)11-5-6-12-13(10-11)18-9-4-8-17-12/h2,5-6,10H,1,3-4,7-9H2,(H,15,16). The van der Waals surface area contributed by atoms with Crippen molar-refractivity contribution in [1.29, 1.82) is 0 Å². The molecule has 0 spiro atoms. The zero-order chi connectivity index (χ0) is 12.8. The summed E-state index contributed by atoms with van der Waals surface area (Å²) in [5, 5.41) is 2.82. The second kappa shape index (κ2) is 6.10. The Kier molecular flexibility index (Phi) is 4.23. The molecule has 2 rings (SSSR count). The topological polar surface area (TPSA) is 47.6 Å². The minimum atomic E-state index is -0.104. The molecule has 1 amide bonds. The highest BCUT2D eigenvalue weighted by Gasteiger charge is 2.13. The Morgan fingerprint density at radius 1 is 1.33 bits per heavy atom. The fourth-order valence-electron chi connectivity index (χ4n) is 1.69. The van der Waals surface area contributed by atoms with Gasteiger partial charge in [0.2, 0.25) is 0 Å². The third-order valence-corrected chi connectivity index (χ3v) is 2.64. The van der Waals surface area contributed by atoms with E-state index in [1.807, 2.05) is 0 Å². The van der Waals surface area contributed by atoms with Crippen LogP contribution >= 0.6 is 0 Å². The summed E-state index contributed by atoms with van der Waals surface area (Å²) in [7, 11) is 0. The zero-order valence-electron chi connectivity index (χ0n) is 10.3. The SMILES string of the molecule is C=CCCNC(=O)c1ccc2c(c1)OCCCO2. The predicted molar refractivity (Wildman–Crippen MR) is 69.2 cm³/mol. The van der Waals surface area contributed by atoms with E-state index in [1.54, 1.807) is 24.3 Å². The lowest BCUT2D eigenvalue weighted by Gasteiger charge is -2.09. The third kappa shape index (κ3) is 3.03. The summed E-state index contributed by atoms with van der Waals surface area (Å²) >= 11 is 0. The summed E-state index contributed by atoms with van der Waals surface area (Å²) in [5.41, 5.74) is 0.586. The predicted octanol–water partition coefficient (Wildman–Crippen LogP) is 2.15. The van der Waals surface area contributed by atoms with Gasteiger partial charge in [0.25, 0.3) is 5.91 Å². The molecule has 1 N–H and O–H groups in total. The van der Waals surface area contributed by atoms with Crippen molar-refractivity contribution in [3.63, 3.8) is 0 Å². The first-order valence-electron chi connectivity index (χ1n) is 6.10. The van der Waals surface area contributed by atoms with Crippen LogP contribution in [0.4, 0.5) is 0 Å². The van der Waals surface area contributed by atoms with E-state index < -0.39 is 0 Å². The van der Waals surface area contributed by atoms with Gasteiger partial charge >= 0.3 is 0 Å². The van der Waals surface area contributed by atoms with E-state index >= 15 is 0 Å². The molecule has 1 heterocycles. The van der Waals surface area contributed by atoms with Gasteiger partial charge in [-0.2, -0.15) is 0 Å². The molecule has 0 aliphatic carbocycles. The number of ether oxygens (including phenoxy) is 2. The van der Waals surface area contributed by atoms with Gasteiger partial charge < -0.3 is 14.8 Å². The Labute approximate surface area is 107 Å². The summed E-state index contributed by atoms with van der Waals surface area (Å²) < 4.78 is 11.1. The monoisotopic (exact) mass is 247 g/mol. The third-order valence-electron chi connectivity index (χ3n) is 2.64. The summed E-state index contributed by atoms with van der Waals surface area (Å²) in [6, 6.07) is 5.25. The van der Waals surface area contributed by atoms with E-state index in [-0.39, 0.29) is 5.91 Å². The fraction of sp³-hybridized carbons (Fsp3) is 0.357. The normalized spacial score (nSPS) is 13.6. The van der Waals surface area contributed by atoms with Gasteiger partial charge in [0.15, 0.2) is 11.5 Å². The van der Waals surface area contributed by atoms with E-state index in [0.717, 1.165) is 12.8 Å². The Morgan fingerprint density at radius 2 is 2.11 bits per heavy atom. The molecule has 1 aromatic carbocycles. The van der Waals surface area contributed by atoms with Gasteiger partial charge in [0.05, 0.1) is 13.2 Å². The number of fused-ring (bicyclic) bond motifs is 1. The molecule has 4 nitrogen and oxygen atoms in total. The average molecular weight is 247 g/mol. The summed E-state index contributed by atoms with van der Waals surface area (Å²) in [6.45, 7) is 5.47. The second-order valence-electron chi connectivity index (χ2n) is 4.05. The number of rotatable bonds is 4. The minimum absolute atomic E-state index is 0.104. The number of amides is 1. The smallest absolute Gasteiger partial charge is 0.251 e. The van der Waals surface area contributed by atoms with Crippen LogP contribution in [0.25, 0.3) is 0 Å². The van der Waals surface area contributed by atoms with Crippen LogP contribution in [0.1, 0.15) is 23.2 Å². The van der Waals surface area contributed by atoms with Gasteiger partial charge in [0, 0.05) is 18.5 Å². The van der Waals surface area contributed by atoms with Gasteiger partial charge in [-0.15, -0.1) is 6.58 Å². The zero-order valence-corrected chi connectivity index (χ0v) is 10.3. The molecule has 4 heteroatoms. The van der Waals surface area contributed by atoms with Crippen LogP contribution < -0.4 is 14.8 Å². The molecule has 0 aromatic heterocycles. The highest BCUT2D eigenvalue weighted by molar-refractivity contribution is 5.94. The summed E-state index contributed by atoms with van der Waals surface area (Å²) in [4.78, 5) is 11.8. The number of carbonyl (C=O) groups excluding carboxylic acids is 1. The largest absolute Gasteiger partial charge is 0.490 e. The van der Waals surface area contributed by atoms with E-state index in [2.05, 4.69) is 11.9 Å². The first-order chi connectivity index (χ1) is 8.81. The Hall–Kier alpha value is -1.97. The first-order valence-corrected chi connectivity index (χ1v) is 6.10. The molecule has 0 unspecified atom stereocenters. The molecule has 18 heavy (non-hydrogen) atoms. The van der Waals surface area contributed by atoms with Crippen molar-refractivity contribution in [3.8, 4) is 11.5 Å². The maximum atomic E-state index is 11.8. The maximum absolute atomic E-state index is 11.8. The number of benzene rings is 1. The number of nitrogens with one attached hydrogen (secondary N) is 1. The molecule has 1 aromatic rings. The average Bonchev–Trinajstić information content (AvgIpc) is 2.63. The molecule has 0 saturated heterocycles. The van der Waals surface area contributed by atoms with Crippen LogP contribution in [0.2, 0.25) is 0 Å². The lowest BCUT2D eigenvalue weighted by molar-refractivity contribution is 0.0954. The van der Waals surface area contributed by atoms with Crippen LogP contribution in [0, 0.1) is 0 Å². The number of carbonyl (C=O) groups is 1. The highest BCUT2D eigenvalue weighted by Crippen LogP contribution is 2.30. The molecule has 0 fully saturated rings.